The zero-order chi connectivity index (χ0) is 13.7. The monoisotopic (exact) mass is 281 g/mol. The maximum absolute atomic E-state index is 4.22. The van der Waals surface area contributed by atoms with E-state index in [0.29, 0.717) is 6.04 Å². The van der Waals surface area contributed by atoms with Gasteiger partial charge in [-0.2, -0.15) is 0 Å². The number of hydrogen-bond donors (Lipinski definition) is 1. The van der Waals surface area contributed by atoms with E-state index < -0.39 is 0 Å². The average molecular weight is 281 g/mol. The molecular weight excluding hydrogens is 262 g/mol. The van der Waals surface area contributed by atoms with Gasteiger partial charge in [-0.15, -0.1) is 5.10 Å². The summed E-state index contributed by atoms with van der Waals surface area (Å²) in [5.74, 6) is 2.00. The Morgan fingerprint density at radius 3 is 2.95 bits per heavy atom. The van der Waals surface area contributed by atoms with E-state index in [1.807, 2.05) is 26.4 Å². The average Bonchev–Trinajstić information content (AvgIpc) is 2.95. The van der Waals surface area contributed by atoms with E-state index in [-0.39, 0.29) is 0 Å². The van der Waals surface area contributed by atoms with Gasteiger partial charge in [0.15, 0.2) is 0 Å². The normalized spacial score (nSPS) is 12.8. The fraction of sp³-hybridized carbons (Fsp3) is 0.636. The van der Waals surface area contributed by atoms with E-state index in [2.05, 4.69) is 37.3 Å². The van der Waals surface area contributed by atoms with Gasteiger partial charge in [0.1, 0.15) is 5.82 Å². The van der Waals surface area contributed by atoms with Gasteiger partial charge in [0.05, 0.1) is 0 Å². The lowest BCUT2D eigenvalue weighted by Crippen LogP contribution is -2.32. The van der Waals surface area contributed by atoms with Gasteiger partial charge in [-0.25, -0.2) is 9.67 Å². The molecule has 0 amide bonds. The van der Waals surface area contributed by atoms with E-state index in [1.54, 1.807) is 16.4 Å². The number of imidazole rings is 1. The number of aromatic nitrogens is 6. The molecule has 1 unspecified atom stereocenters. The zero-order valence-electron chi connectivity index (χ0n) is 11.4. The van der Waals surface area contributed by atoms with E-state index in [1.165, 1.54) is 0 Å². The highest BCUT2D eigenvalue weighted by molar-refractivity contribution is 7.99. The van der Waals surface area contributed by atoms with Crippen molar-refractivity contribution in [2.45, 2.75) is 31.6 Å². The largest absolute Gasteiger partial charge is 0.334 e. The summed E-state index contributed by atoms with van der Waals surface area (Å²) in [6, 6.07) is 0.408. The topological polar surface area (TPSA) is 73.5 Å². The molecule has 0 radical (unpaired) electrons. The first-order valence-corrected chi connectivity index (χ1v) is 7.21. The maximum atomic E-state index is 4.22. The third kappa shape index (κ3) is 4.03. The van der Waals surface area contributed by atoms with Crippen molar-refractivity contribution in [3.05, 3.63) is 18.2 Å². The lowest BCUT2D eigenvalue weighted by molar-refractivity contribution is 0.484. The van der Waals surface area contributed by atoms with Crippen LogP contribution in [0.2, 0.25) is 0 Å². The SMILES string of the molecule is Cc1nccn1CC(C)NCCSc1nnnn1C. The van der Waals surface area contributed by atoms with Crippen molar-refractivity contribution in [2.24, 2.45) is 7.05 Å². The molecule has 19 heavy (non-hydrogen) atoms. The Morgan fingerprint density at radius 1 is 1.47 bits per heavy atom. The van der Waals surface area contributed by atoms with Gasteiger partial charge < -0.3 is 9.88 Å². The molecule has 0 aliphatic carbocycles. The molecule has 1 N–H and O–H groups in total. The van der Waals surface area contributed by atoms with Gasteiger partial charge in [0, 0.05) is 44.3 Å². The Balaban J connectivity index is 1.66. The van der Waals surface area contributed by atoms with Crippen LogP contribution in [-0.4, -0.2) is 48.1 Å². The lowest BCUT2D eigenvalue weighted by atomic mass is 10.3. The van der Waals surface area contributed by atoms with Crippen molar-refractivity contribution in [1.82, 2.24) is 35.1 Å². The van der Waals surface area contributed by atoms with Crippen molar-refractivity contribution < 1.29 is 0 Å². The molecule has 1 atom stereocenters. The summed E-state index contributed by atoms with van der Waals surface area (Å²) in [7, 11) is 1.85. The second kappa shape index (κ2) is 6.67. The number of aryl methyl sites for hydroxylation is 2. The highest BCUT2D eigenvalue weighted by Gasteiger charge is 2.05. The summed E-state index contributed by atoms with van der Waals surface area (Å²) in [6.07, 6.45) is 3.84. The molecule has 8 heteroatoms. The Labute approximate surface area is 116 Å². The molecular formula is C11H19N7S. The highest BCUT2D eigenvalue weighted by Crippen LogP contribution is 2.10. The lowest BCUT2D eigenvalue weighted by Gasteiger charge is -2.15. The van der Waals surface area contributed by atoms with Crippen LogP contribution in [0.3, 0.4) is 0 Å². The van der Waals surface area contributed by atoms with Gasteiger partial charge >= 0.3 is 0 Å². The number of thioether (sulfide) groups is 1. The van der Waals surface area contributed by atoms with Crippen molar-refractivity contribution in [1.29, 1.82) is 0 Å². The Hall–Kier alpha value is -1.41. The number of hydrogen-bond acceptors (Lipinski definition) is 6. The summed E-state index contributed by atoms with van der Waals surface area (Å²) in [6.45, 7) is 6.05. The standard InChI is InChI=1S/C11H19N7S/c1-9(8-18-6-4-13-10(18)2)12-5-7-19-11-14-15-16-17(11)3/h4,6,9,12H,5,7-8H2,1-3H3. The van der Waals surface area contributed by atoms with Gasteiger partial charge in [-0.05, 0) is 24.3 Å². The molecule has 104 valence electrons. The van der Waals surface area contributed by atoms with Gasteiger partial charge in [0.25, 0.3) is 0 Å². The molecule has 2 aromatic heterocycles. The molecule has 2 heterocycles. The summed E-state index contributed by atoms with van der Waals surface area (Å²) >= 11 is 1.65. The molecule has 0 saturated heterocycles. The summed E-state index contributed by atoms with van der Waals surface area (Å²) in [5, 5.41) is 15.7. The Kier molecular flexibility index (Phi) is 4.92. The number of rotatable bonds is 7. The summed E-state index contributed by atoms with van der Waals surface area (Å²) < 4.78 is 3.83. The second-order valence-electron chi connectivity index (χ2n) is 4.42. The third-order valence-corrected chi connectivity index (χ3v) is 3.81. The van der Waals surface area contributed by atoms with Crippen molar-refractivity contribution in [3.8, 4) is 0 Å². The van der Waals surface area contributed by atoms with Crippen LogP contribution in [0.1, 0.15) is 12.7 Å². The predicted molar refractivity (Wildman–Crippen MR) is 74.0 cm³/mol. The Morgan fingerprint density at radius 2 is 2.32 bits per heavy atom. The number of nitrogens with zero attached hydrogens (tertiary/aromatic N) is 6. The molecule has 0 aromatic carbocycles. The van der Waals surface area contributed by atoms with Crippen molar-refractivity contribution in [3.63, 3.8) is 0 Å². The van der Waals surface area contributed by atoms with Gasteiger partial charge in [-0.3, -0.25) is 0 Å². The van der Waals surface area contributed by atoms with E-state index in [9.17, 15) is 0 Å². The first kappa shape index (κ1) is 14.0. The molecule has 2 aromatic rings. The van der Waals surface area contributed by atoms with Crippen molar-refractivity contribution in [2.75, 3.05) is 12.3 Å². The first-order chi connectivity index (χ1) is 9.16. The van der Waals surface area contributed by atoms with Crippen LogP contribution >= 0.6 is 11.8 Å². The van der Waals surface area contributed by atoms with Gasteiger partial charge in [-0.1, -0.05) is 11.8 Å². The van der Waals surface area contributed by atoms with E-state index in [0.717, 1.165) is 29.8 Å². The fourth-order valence-corrected chi connectivity index (χ4v) is 2.47. The zero-order valence-corrected chi connectivity index (χ0v) is 12.3. The minimum Gasteiger partial charge on any atom is -0.334 e. The minimum absolute atomic E-state index is 0.408. The number of nitrogens with one attached hydrogen (secondary N) is 1. The smallest absolute Gasteiger partial charge is 0.209 e. The van der Waals surface area contributed by atoms with E-state index >= 15 is 0 Å². The molecule has 0 bridgehead atoms. The Bertz CT molecular complexity index is 507. The molecule has 0 aliphatic heterocycles. The third-order valence-electron chi connectivity index (χ3n) is 2.80. The summed E-state index contributed by atoms with van der Waals surface area (Å²) in [4.78, 5) is 4.22. The van der Waals surface area contributed by atoms with Crippen LogP contribution in [-0.2, 0) is 13.6 Å². The fourth-order valence-electron chi connectivity index (χ4n) is 1.75. The first-order valence-electron chi connectivity index (χ1n) is 6.23. The predicted octanol–water partition coefficient (Wildman–Crippen LogP) is 0.485. The van der Waals surface area contributed by atoms with Crippen LogP contribution < -0.4 is 5.32 Å². The molecule has 2 rings (SSSR count). The van der Waals surface area contributed by atoms with Crippen LogP contribution in [0.15, 0.2) is 17.6 Å². The molecule has 0 spiro atoms. The van der Waals surface area contributed by atoms with Crippen LogP contribution in [0.25, 0.3) is 0 Å². The maximum Gasteiger partial charge on any atom is 0.209 e. The van der Waals surface area contributed by atoms with Crippen molar-refractivity contribution >= 4 is 11.8 Å². The van der Waals surface area contributed by atoms with Crippen LogP contribution in [0.4, 0.5) is 0 Å². The van der Waals surface area contributed by atoms with Crippen LogP contribution in [0.5, 0.6) is 0 Å². The molecule has 0 fully saturated rings. The quantitative estimate of drug-likeness (QED) is 0.588. The van der Waals surface area contributed by atoms with Gasteiger partial charge in [0.2, 0.25) is 5.16 Å². The van der Waals surface area contributed by atoms with Crippen LogP contribution in [0, 0.1) is 6.92 Å². The molecule has 7 nitrogen and oxygen atoms in total. The number of tetrazole rings is 1. The van der Waals surface area contributed by atoms with E-state index in [4.69, 9.17) is 0 Å². The minimum atomic E-state index is 0.408. The second-order valence-corrected chi connectivity index (χ2v) is 5.48. The summed E-state index contributed by atoms with van der Waals surface area (Å²) in [5.41, 5.74) is 0. The molecule has 0 saturated carbocycles. The highest BCUT2D eigenvalue weighted by atomic mass is 32.2. The molecule has 0 aliphatic rings.